The van der Waals surface area contributed by atoms with Crippen LogP contribution in [0.1, 0.15) is 47.5 Å². The van der Waals surface area contributed by atoms with E-state index in [0.29, 0.717) is 83.8 Å². The van der Waals surface area contributed by atoms with E-state index in [1.807, 2.05) is 13.8 Å². The number of ether oxygens (including phenoxy) is 5. The zero-order valence-corrected chi connectivity index (χ0v) is 18.7. The summed E-state index contributed by atoms with van der Waals surface area (Å²) in [5.74, 6) is 0.449. The van der Waals surface area contributed by atoms with Crippen molar-refractivity contribution in [3.63, 3.8) is 0 Å². The summed E-state index contributed by atoms with van der Waals surface area (Å²) in [4.78, 5) is 11.4. The van der Waals surface area contributed by atoms with Crippen LogP contribution in [0.3, 0.4) is 0 Å². The summed E-state index contributed by atoms with van der Waals surface area (Å²) < 4.78 is 27.2. The lowest BCUT2D eigenvalue weighted by Crippen LogP contribution is -2.28. The fraction of sp³-hybridized carbons (Fsp3) is 0.952. The molecular formula is C21H43NO6. The number of hydrogen-bond donors (Lipinski definition) is 1. The number of hydrogen-bond acceptors (Lipinski definition) is 6. The van der Waals surface area contributed by atoms with Crippen molar-refractivity contribution in [2.24, 2.45) is 11.3 Å². The molecule has 0 aliphatic heterocycles. The smallest absolute Gasteiger partial charge is 0.220 e. The van der Waals surface area contributed by atoms with Crippen LogP contribution in [0.5, 0.6) is 0 Å². The van der Waals surface area contributed by atoms with Crippen molar-refractivity contribution >= 4 is 5.91 Å². The van der Waals surface area contributed by atoms with Gasteiger partial charge in [0.05, 0.1) is 59.5 Å². The molecule has 0 fully saturated rings. The second-order valence-corrected chi connectivity index (χ2v) is 8.32. The van der Waals surface area contributed by atoms with Gasteiger partial charge in [-0.05, 0) is 17.8 Å². The van der Waals surface area contributed by atoms with E-state index in [-0.39, 0.29) is 5.91 Å². The van der Waals surface area contributed by atoms with E-state index in [2.05, 4.69) is 26.1 Å². The minimum absolute atomic E-state index is 0.0732. The Kier molecular flexibility index (Phi) is 17.8. The first-order chi connectivity index (χ1) is 13.3. The Labute approximate surface area is 171 Å². The SMILES string of the molecule is CC(C)CC(=O)NCCOCCOCCOCCOCCOCCC(C)(C)C. The largest absolute Gasteiger partial charge is 0.379 e. The van der Waals surface area contributed by atoms with E-state index in [9.17, 15) is 4.79 Å². The average molecular weight is 406 g/mol. The van der Waals surface area contributed by atoms with Gasteiger partial charge in [-0.3, -0.25) is 4.79 Å². The summed E-state index contributed by atoms with van der Waals surface area (Å²) in [7, 11) is 0. The van der Waals surface area contributed by atoms with Crippen LogP contribution in [0.4, 0.5) is 0 Å². The number of amides is 1. The highest BCUT2D eigenvalue weighted by Crippen LogP contribution is 2.17. The maximum atomic E-state index is 11.4. The number of nitrogens with one attached hydrogen (secondary N) is 1. The molecule has 0 aliphatic rings. The minimum atomic E-state index is 0.0732. The van der Waals surface area contributed by atoms with Crippen molar-refractivity contribution in [3.8, 4) is 0 Å². The van der Waals surface area contributed by atoms with Gasteiger partial charge in [0.1, 0.15) is 0 Å². The van der Waals surface area contributed by atoms with Crippen LogP contribution in [0.15, 0.2) is 0 Å². The molecule has 0 aliphatic carbocycles. The van der Waals surface area contributed by atoms with Crippen LogP contribution in [-0.4, -0.2) is 78.5 Å². The Bertz CT molecular complexity index is 357. The monoisotopic (exact) mass is 405 g/mol. The normalized spacial score (nSPS) is 11.9. The predicted octanol–water partition coefficient (Wildman–Crippen LogP) is 2.67. The highest BCUT2D eigenvalue weighted by Gasteiger charge is 2.08. The van der Waals surface area contributed by atoms with Crippen LogP contribution in [0.25, 0.3) is 0 Å². The van der Waals surface area contributed by atoms with Gasteiger partial charge in [-0.2, -0.15) is 0 Å². The van der Waals surface area contributed by atoms with Gasteiger partial charge in [-0.25, -0.2) is 0 Å². The standard InChI is InChI=1S/C21H43NO6/c1-19(2)18-20(23)22-7-9-25-11-13-27-15-17-28-16-14-26-12-10-24-8-6-21(3,4)5/h19H,6-18H2,1-5H3,(H,22,23). The van der Waals surface area contributed by atoms with Crippen molar-refractivity contribution in [1.29, 1.82) is 0 Å². The Morgan fingerprint density at radius 2 is 1.11 bits per heavy atom. The lowest BCUT2D eigenvalue weighted by Gasteiger charge is -2.17. The van der Waals surface area contributed by atoms with E-state index in [0.717, 1.165) is 13.0 Å². The summed E-state index contributed by atoms with van der Waals surface area (Å²) >= 11 is 0. The molecule has 0 radical (unpaired) electrons. The summed E-state index contributed by atoms with van der Waals surface area (Å²) in [5, 5.41) is 2.83. The van der Waals surface area contributed by atoms with Gasteiger partial charge in [0.15, 0.2) is 0 Å². The summed E-state index contributed by atoms with van der Waals surface area (Å²) in [6.45, 7) is 16.9. The average Bonchev–Trinajstić information content (AvgIpc) is 2.59. The van der Waals surface area contributed by atoms with Crippen LogP contribution in [0.2, 0.25) is 0 Å². The van der Waals surface area contributed by atoms with Crippen LogP contribution < -0.4 is 5.32 Å². The third kappa shape index (κ3) is 23.3. The molecule has 28 heavy (non-hydrogen) atoms. The molecule has 7 nitrogen and oxygen atoms in total. The van der Waals surface area contributed by atoms with Gasteiger partial charge in [0, 0.05) is 19.6 Å². The molecule has 0 saturated carbocycles. The number of carbonyl (C=O) groups is 1. The molecule has 0 bridgehead atoms. The molecule has 168 valence electrons. The molecule has 0 rings (SSSR count). The molecule has 1 amide bonds. The van der Waals surface area contributed by atoms with Crippen molar-refractivity contribution in [2.75, 3.05) is 72.6 Å². The quantitative estimate of drug-likeness (QED) is 0.333. The van der Waals surface area contributed by atoms with Crippen molar-refractivity contribution in [1.82, 2.24) is 5.32 Å². The molecule has 0 heterocycles. The van der Waals surface area contributed by atoms with Crippen LogP contribution in [-0.2, 0) is 28.5 Å². The topological polar surface area (TPSA) is 75.3 Å². The first kappa shape index (κ1) is 27.3. The first-order valence-corrected chi connectivity index (χ1v) is 10.5. The molecule has 0 aromatic heterocycles. The van der Waals surface area contributed by atoms with E-state index >= 15 is 0 Å². The molecule has 0 spiro atoms. The molecule has 7 heteroatoms. The fourth-order valence-corrected chi connectivity index (χ4v) is 2.07. The zero-order chi connectivity index (χ0) is 21.1. The van der Waals surface area contributed by atoms with E-state index < -0.39 is 0 Å². The molecular weight excluding hydrogens is 362 g/mol. The molecule has 1 N–H and O–H groups in total. The third-order valence-electron chi connectivity index (χ3n) is 3.65. The first-order valence-electron chi connectivity index (χ1n) is 10.5. The molecule has 0 atom stereocenters. The maximum Gasteiger partial charge on any atom is 0.220 e. The van der Waals surface area contributed by atoms with E-state index in [1.165, 1.54) is 0 Å². The summed E-state index contributed by atoms with van der Waals surface area (Å²) in [6.07, 6.45) is 1.61. The van der Waals surface area contributed by atoms with Crippen LogP contribution in [0, 0.1) is 11.3 Å². The zero-order valence-electron chi connectivity index (χ0n) is 18.7. The third-order valence-corrected chi connectivity index (χ3v) is 3.65. The highest BCUT2D eigenvalue weighted by molar-refractivity contribution is 5.75. The lowest BCUT2D eigenvalue weighted by atomic mass is 9.93. The predicted molar refractivity (Wildman–Crippen MR) is 111 cm³/mol. The molecule has 0 aromatic rings. The maximum absolute atomic E-state index is 11.4. The van der Waals surface area contributed by atoms with E-state index in [4.69, 9.17) is 23.7 Å². The lowest BCUT2D eigenvalue weighted by molar-refractivity contribution is -0.122. The molecule has 0 aromatic carbocycles. The molecule has 0 unspecified atom stereocenters. The second-order valence-electron chi connectivity index (χ2n) is 8.32. The summed E-state index contributed by atoms with van der Waals surface area (Å²) in [6, 6.07) is 0. The van der Waals surface area contributed by atoms with E-state index in [1.54, 1.807) is 0 Å². The number of rotatable bonds is 19. The Balaban J connectivity index is 3.11. The fourth-order valence-electron chi connectivity index (χ4n) is 2.07. The molecule has 0 saturated heterocycles. The minimum Gasteiger partial charge on any atom is -0.379 e. The van der Waals surface area contributed by atoms with Crippen molar-refractivity contribution < 1.29 is 28.5 Å². The highest BCUT2D eigenvalue weighted by atomic mass is 16.6. The van der Waals surface area contributed by atoms with Gasteiger partial charge in [-0.15, -0.1) is 0 Å². The Morgan fingerprint density at radius 1 is 0.714 bits per heavy atom. The van der Waals surface area contributed by atoms with Gasteiger partial charge >= 0.3 is 0 Å². The van der Waals surface area contributed by atoms with Gasteiger partial charge in [0.25, 0.3) is 0 Å². The van der Waals surface area contributed by atoms with Crippen molar-refractivity contribution in [2.45, 2.75) is 47.5 Å². The van der Waals surface area contributed by atoms with Gasteiger partial charge < -0.3 is 29.0 Å². The van der Waals surface area contributed by atoms with Gasteiger partial charge in [-0.1, -0.05) is 34.6 Å². The van der Waals surface area contributed by atoms with Crippen LogP contribution >= 0.6 is 0 Å². The number of carbonyl (C=O) groups excluding carboxylic acids is 1. The van der Waals surface area contributed by atoms with Gasteiger partial charge in [0.2, 0.25) is 5.91 Å². The Hall–Kier alpha value is -0.730. The summed E-state index contributed by atoms with van der Waals surface area (Å²) in [5.41, 5.74) is 0.313. The van der Waals surface area contributed by atoms with Crippen molar-refractivity contribution in [3.05, 3.63) is 0 Å². The Morgan fingerprint density at radius 3 is 1.50 bits per heavy atom. The second kappa shape index (κ2) is 18.3.